The van der Waals surface area contributed by atoms with Crippen molar-refractivity contribution in [2.24, 2.45) is 0 Å². The predicted molar refractivity (Wildman–Crippen MR) is 84.5 cm³/mol. The van der Waals surface area contributed by atoms with E-state index < -0.39 is 0 Å². The lowest BCUT2D eigenvalue weighted by molar-refractivity contribution is -0.384. The number of thioether (sulfide) groups is 1. The van der Waals surface area contributed by atoms with E-state index in [4.69, 9.17) is 4.74 Å². The Morgan fingerprint density at radius 2 is 2.25 bits per heavy atom. The van der Waals surface area contributed by atoms with Gasteiger partial charge in [0.15, 0.2) is 0 Å². The van der Waals surface area contributed by atoms with Crippen LogP contribution in [-0.2, 0) is 10.5 Å². The molecular formula is C14H22N2O3S. The van der Waals surface area contributed by atoms with Crippen LogP contribution < -0.4 is 5.32 Å². The molecule has 6 heteroatoms. The molecule has 0 amide bonds. The molecule has 5 nitrogen and oxygen atoms in total. The summed E-state index contributed by atoms with van der Waals surface area (Å²) in [6.07, 6.45) is 2.02. The number of nitrogens with zero attached hydrogens (tertiary/aromatic N) is 1. The third-order valence-corrected chi connectivity index (χ3v) is 3.85. The number of hydrogen-bond acceptors (Lipinski definition) is 5. The number of benzene rings is 1. The fourth-order valence-electron chi connectivity index (χ4n) is 1.73. The molecule has 20 heavy (non-hydrogen) atoms. The number of non-ortho nitro benzene ring substituents is 1. The van der Waals surface area contributed by atoms with Gasteiger partial charge >= 0.3 is 0 Å². The van der Waals surface area contributed by atoms with Crippen LogP contribution in [0.1, 0.15) is 25.3 Å². The van der Waals surface area contributed by atoms with Gasteiger partial charge in [-0.2, -0.15) is 11.8 Å². The van der Waals surface area contributed by atoms with E-state index in [0.29, 0.717) is 0 Å². The molecule has 1 aromatic rings. The Kier molecular flexibility index (Phi) is 8.06. The van der Waals surface area contributed by atoms with Crippen LogP contribution in [0.3, 0.4) is 0 Å². The maximum Gasteiger partial charge on any atom is 0.269 e. The van der Waals surface area contributed by atoms with E-state index in [1.807, 2.05) is 0 Å². The van der Waals surface area contributed by atoms with E-state index in [9.17, 15) is 10.1 Å². The minimum Gasteiger partial charge on any atom is -0.385 e. The summed E-state index contributed by atoms with van der Waals surface area (Å²) in [5.41, 5.74) is 2.14. The lowest BCUT2D eigenvalue weighted by atomic mass is 10.1. The van der Waals surface area contributed by atoms with Crippen molar-refractivity contribution in [2.75, 3.05) is 31.3 Å². The van der Waals surface area contributed by atoms with Crippen LogP contribution in [-0.4, -0.2) is 30.9 Å². The van der Waals surface area contributed by atoms with Gasteiger partial charge in [0.2, 0.25) is 0 Å². The van der Waals surface area contributed by atoms with E-state index >= 15 is 0 Å². The van der Waals surface area contributed by atoms with Crippen molar-refractivity contribution in [2.45, 2.75) is 25.5 Å². The Bertz CT molecular complexity index is 427. The summed E-state index contributed by atoms with van der Waals surface area (Å²) >= 11 is 1.77. The summed E-state index contributed by atoms with van der Waals surface area (Å²) < 4.78 is 5.01. The molecule has 0 unspecified atom stereocenters. The molecule has 0 aliphatic carbocycles. The number of nitrogens with one attached hydrogen (secondary N) is 1. The van der Waals surface area contributed by atoms with Crippen LogP contribution in [0, 0.1) is 10.1 Å². The second kappa shape index (κ2) is 9.61. The zero-order valence-corrected chi connectivity index (χ0v) is 12.9. The van der Waals surface area contributed by atoms with Crippen molar-refractivity contribution in [1.82, 2.24) is 0 Å². The third kappa shape index (κ3) is 5.79. The van der Waals surface area contributed by atoms with Crippen LogP contribution in [0.4, 0.5) is 11.4 Å². The normalized spacial score (nSPS) is 10.5. The second-order valence-corrected chi connectivity index (χ2v) is 5.53. The molecule has 112 valence electrons. The Morgan fingerprint density at radius 1 is 1.45 bits per heavy atom. The smallest absolute Gasteiger partial charge is 0.269 e. The average Bonchev–Trinajstić information content (AvgIpc) is 2.45. The van der Waals surface area contributed by atoms with Gasteiger partial charge in [-0.3, -0.25) is 10.1 Å². The number of methoxy groups -OCH3 is 1. The molecular weight excluding hydrogens is 276 g/mol. The van der Waals surface area contributed by atoms with Crippen LogP contribution >= 0.6 is 11.8 Å². The van der Waals surface area contributed by atoms with Gasteiger partial charge < -0.3 is 10.1 Å². The zero-order valence-electron chi connectivity index (χ0n) is 12.1. The summed E-state index contributed by atoms with van der Waals surface area (Å²) in [6, 6.07) is 5.03. The minimum absolute atomic E-state index is 0.152. The third-order valence-electron chi connectivity index (χ3n) is 2.76. The maximum atomic E-state index is 10.9. The number of nitro groups is 1. The van der Waals surface area contributed by atoms with Gasteiger partial charge in [-0.15, -0.1) is 0 Å². The molecule has 0 aliphatic rings. The van der Waals surface area contributed by atoms with Crippen molar-refractivity contribution in [3.8, 4) is 0 Å². The molecule has 0 saturated carbocycles. The first kappa shape index (κ1) is 16.8. The first-order chi connectivity index (χ1) is 9.69. The molecule has 1 aromatic carbocycles. The number of hydrogen-bond donors (Lipinski definition) is 1. The van der Waals surface area contributed by atoms with Crippen LogP contribution in [0.25, 0.3) is 0 Å². The molecule has 0 fully saturated rings. The standard InChI is InChI=1S/C14H22N2O3S/c1-3-7-15-14-6-5-13(16(17)18)10-12(14)11-20-9-4-8-19-2/h5-6,10,15H,3-4,7-9,11H2,1-2H3. The number of anilines is 1. The first-order valence-corrected chi connectivity index (χ1v) is 7.92. The summed E-state index contributed by atoms with van der Waals surface area (Å²) in [5, 5.41) is 14.2. The van der Waals surface area contributed by atoms with E-state index in [-0.39, 0.29) is 10.6 Å². The zero-order chi connectivity index (χ0) is 14.8. The lowest BCUT2D eigenvalue weighted by Gasteiger charge is -2.11. The SMILES string of the molecule is CCCNc1ccc([N+](=O)[O-])cc1CSCCCOC. The van der Waals surface area contributed by atoms with Crippen molar-refractivity contribution in [3.05, 3.63) is 33.9 Å². The highest BCUT2D eigenvalue weighted by molar-refractivity contribution is 7.98. The molecule has 1 N–H and O–H groups in total. The van der Waals surface area contributed by atoms with Crippen LogP contribution in [0.2, 0.25) is 0 Å². The molecule has 0 atom stereocenters. The van der Waals surface area contributed by atoms with Gasteiger partial charge in [0.1, 0.15) is 0 Å². The highest BCUT2D eigenvalue weighted by Gasteiger charge is 2.10. The number of rotatable bonds is 10. The van der Waals surface area contributed by atoms with Gasteiger partial charge in [0.25, 0.3) is 5.69 Å². The molecule has 0 spiro atoms. The van der Waals surface area contributed by atoms with Gasteiger partial charge in [-0.1, -0.05) is 6.92 Å². The predicted octanol–water partition coefficient (Wildman–Crippen LogP) is 3.69. The first-order valence-electron chi connectivity index (χ1n) is 6.77. The number of ether oxygens (including phenoxy) is 1. The minimum atomic E-state index is -0.345. The fraction of sp³-hybridized carbons (Fsp3) is 0.571. The van der Waals surface area contributed by atoms with Crippen LogP contribution in [0.15, 0.2) is 18.2 Å². The Balaban J connectivity index is 2.66. The summed E-state index contributed by atoms with van der Waals surface area (Å²) in [7, 11) is 1.69. The molecule has 0 aromatic heterocycles. The van der Waals surface area contributed by atoms with Gasteiger partial charge in [0.05, 0.1) is 4.92 Å². The second-order valence-electron chi connectivity index (χ2n) is 4.42. The van der Waals surface area contributed by atoms with E-state index in [2.05, 4.69) is 12.2 Å². The highest BCUT2D eigenvalue weighted by atomic mass is 32.2. The molecule has 0 bridgehead atoms. The molecule has 0 heterocycles. The Morgan fingerprint density at radius 3 is 2.90 bits per heavy atom. The molecule has 0 radical (unpaired) electrons. The van der Waals surface area contributed by atoms with E-state index in [1.165, 1.54) is 0 Å². The van der Waals surface area contributed by atoms with Gasteiger partial charge in [-0.05, 0) is 30.2 Å². The monoisotopic (exact) mass is 298 g/mol. The Hall–Kier alpha value is -1.27. The van der Waals surface area contributed by atoms with Crippen molar-refractivity contribution < 1.29 is 9.66 Å². The lowest BCUT2D eigenvalue weighted by Crippen LogP contribution is -2.03. The largest absolute Gasteiger partial charge is 0.385 e. The molecule has 0 aliphatic heterocycles. The highest BCUT2D eigenvalue weighted by Crippen LogP contribution is 2.26. The summed E-state index contributed by atoms with van der Waals surface area (Å²) in [4.78, 5) is 10.5. The topological polar surface area (TPSA) is 64.4 Å². The van der Waals surface area contributed by atoms with Crippen molar-refractivity contribution in [3.63, 3.8) is 0 Å². The molecule has 1 rings (SSSR count). The molecule has 0 saturated heterocycles. The average molecular weight is 298 g/mol. The van der Waals surface area contributed by atoms with E-state index in [0.717, 1.165) is 48.7 Å². The van der Waals surface area contributed by atoms with E-state index in [1.54, 1.807) is 37.1 Å². The number of nitro benzene ring substituents is 1. The van der Waals surface area contributed by atoms with Crippen molar-refractivity contribution >= 4 is 23.1 Å². The van der Waals surface area contributed by atoms with Crippen LogP contribution in [0.5, 0.6) is 0 Å². The van der Waals surface area contributed by atoms with Gasteiger partial charge in [-0.25, -0.2) is 0 Å². The van der Waals surface area contributed by atoms with Gasteiger partial charge in [0, 0.05) is 43.8 Å². The summed E-state index contributed by atoms with van der Waals surface area (Å²) in [6.45, 7) is 3.72. The maximum absolute atomic E-state index is 10.9. The fourth-order valence-corrected chi connectivity index (χ4v) is 2.66. The Labute approximate surface area is 124 Å². The quantitative estimate of drug-likeness (QED) is 0.405. The van der Waals surface area contributed by atoms with Crippen molar-refractivity contribution in [1.29, 1.82) is 0 Å². The summed E-state index contributed by atoms with van der Waals surface area (Å²) in [5.74, 6) is 1.77.